The molecule has 6 nitrogen and oxygen atoms in total. The lowest BCUT2D eigenvalue weighted by molar-refractivity contribution is 0.204. The number of ether oxygens (including phenoxy) is 2. The van der Waals surface area contributed by atoms with Crippen molar-refractivity contribution < 1.29 is 14.3 Å². The molecule has 3 rings (SSSR count). The van der Waals surface area contributed by atoms with Crippen LogP contribution in [0.4, 0.5) is 4.79 Å². The molecular formula is C21H33N3O3. The molecule has 0 radical (unpaired) electrons. The molecule has 0 spiro atoms. The van der Waals surface area contributed by atoms with Gasteiger partial charge in [0.2, 0.25) is 0 Å². The zero-order valence-corrected chi connectivity index (χ0v) is 16.7. The minimum atomic E-state index is 0.0537. The third-order valence-electron chi connectivity index (χ3n) is 5.72. The molecule has 2 amide bonds. The number of methoxy groups -OCH3 is 2. The van der Waals surface area contributed by atoms with Gasteiger partial charge in [0, 0.05) is 31.1 Å². The highest BCUT2D eigenvalue weighted by atomic mass is 16.5. The van der Waals surface area contributed by atoms with Crippen LogP contribution in [-0.4, -0.2) is 69.3 Å². The summed E-state index contributed by atoms with van der Waals surface area (Å²) in [6, 6.07) is 6.02. The van der Waals surface area contributed by atoms with Crippen molar-refractivity contribution in [3.63, 3.8) is 0 Å². The van der Waals surface area contributed by atoms with Crippen LogP contribution < -0.4 is 14.8 Å². The predicted octanol–water partition coefficient (Wildman–Crippen LogP) is 3.08. The second-order valence-electron chi connectivity index (χ2n) is 7.50. The number of piperidine rings is 1. The Morgan fingerprint density at radius 2 is 1.96 bits per heavy atom. The van der Waals surface area contributed by atoms with Crippen LogP contribution in [-0.2, 0) is 0 Å². The first-order chi connectivity index (χ1) is 13.2. The Morgan fingerprint density at radius 1 is 1.15 bits per heavy atom. The van der Waals surface area contributed by atoms with E-state index in [0.717, 1.165) is 56.1 Å². The number of para-hydroxylation sites is 1. The van der Waals surface area contributed by atoms with Gasteiger partial charge in [-0.3, -0.25) is 0 Å². The minimum Gasteiger partial charge on any atom is -0.493 e. The summed E-state index contributed by atoms with van der Waals surface area (Å²) in [6.07, 6.45) is 5.96. The summed E-state index contributed by atoms with van der Waals surface area (Å²) in [4.78, 5) is 16.9. The maximum absolute atomic E-state index is 12.5. The van der Waals surface area contributed by atoms with Crippen LogP contribution in [0, 0.1) is 0 Å². The van der Waals surface area contributed by atoms with E-state index in [-0.39, 0.29) is 11.9 Å². The van der Waals surface area contributed by atoms with Gasteiger partial charge in [0.15, 0.2) is 11.5 Å². The van der Waals surface area contributed by atoms with Gasteiger partial charge in [-0.2, -0.15) is 0 Å². The fraction of sp³-hybridized carbons (Fsp3) is 0.667. The van der Waals surface area contributed by atoms with Gasteiger partial charge >= 0.3 is 6.03 Å². The summed E-state index contributed by atoms with van der Waals surface area (Å²) < 4.78 is 11.0. The van der Waals surface area contributed by atoms with Crippen molar-refractivity contribution >= 4 is 6.03 Å². The molecule has 0 saturated carbocycles. The fourth-order valence-electron chi connectivity index (χ4n) is 4.22. The number of hydrogen-bond acceptors (Lipinski definition) is 4. The third kappa shape index (κ3) is 5.06. The van der Waals surface area contributed by atoms with Gasteiger partial charge in [0.25, 0.3) is 0 Å². The third-order valence-corrected chi connectivity index (χ3v) is 5.72. The number of hydrogen-bond donors (Lipinski definition) is 1. The van der Waals surface area contributed by atoms with E-state index < -0.39 is 0 Å². The van der Waals surface area contributed by atoms with Crippen LogP contribution >= 0.6 is 0 Å². The molecule has 2 fully saturated rings. The molecule has 2 aliphatic rings. The van der Waals surface area contributed by atoms with Gasteiger partial charge in [-0.15, -0.1) is 0 Å². The van der Waals surface area contributed by atoms with Crippen LogP contribution in [0.3, 0.4) is 0 Å². The number of urea groups is 1. The first-order valence-corrected chi connectivity index (χ1v) is 10.2. The van der Waals surface area contributed by atoms with Crippen molar-refractivity contribution in [1.29, 1.82) is 0 Å². The van der Waals surface area contributed by atoms with Gasteiger partial charge in [-0.1, -0.05) is 18.6 Å². The summed E-state index contributed by atoms with van der Waals surface area (Å²) in [7, 11) is 3.32. The van der Waals surface area contributed by atoms with E-state index in [2.05, 4.69) is 16.3 Å². The number of nitrogens with zero attached hydrogens (tertiary/aromatic N) is 2. The molecule has 6 heteroatoms. The van der Waals surface area contributed by atoms with E-state index in [0.29, 0.717) is 0 Å². The van der Waals surface area contributed by atoms with Crippen LogP contribution in [0.15, 0.2) is 18.2 Å². The first-order valence-electron chi connectivity index (χ1n) is 10.2. The SMILES string of the molecule is COc1cccc([C@@H]2CCN(C(=O)NCCCN3CCCCC3)C2)c1OC. The maximum Gasteiger partial charge on any atom is 0.317 e. The molecule has 2 heterocycles. The normalized spacial score (nSPS) is 20.5. The lowest BCUT2D eigenvalue weighted by Crippen LogP contribution is -2.40. The molecule has 1 aromatic rings. The molecule has 2 saturated heterocycles. The Labute approximate surface area is 162 Å². The van der Waals surface area contributed by atoms with E-state index in [1.54, 1.807) is 14.2 Å². The highest BCUT2D eigenvalue weighted by molar-refractivity contribution is 5.74. The Balaban J connectivity index is 1.45. The zero-order chi connectivity index (χ0) is 19.1. The Bertz CT molecular complexity index is 617. The molecule has 0 aromatic heterocycles. The highest BCUT2D eigenvalue weighted by Crippen LogP contribution is 2.39. The number of amides is 2. The summed E-state index contributed by atoms with van der Waals surface area (Å²) in [5, 5.41) is 3.09. The molecule has 0 bridgehead atoms. The van der Waals surface area contributed by atoms with E-state index in [4.69, 9.17) is 9.47 Å². The van der Waals surface area contributed by atoms with Crippen LogP contribution in [0.2, 0.25) is 0 Å². The summed E-state index contributed by atoms with van der Waals surface area (Å²) in [5.74, 6) is 1.82. The van der Waals surface area contributed by atoms with Crippen molar-refractivity contribution in [3.8, 4) is 11.5 Å². The molecule has 1 N–H and O–H groups in total. The number of nitrogens with one attached hydrogen (secondary N) is 1. The van der Waals surface area contributed by atoms with Gasteiger partial charge in [-0.25, -0.2) is 4.79 Å². The minimum absolute atomic E-state index is 0.0537. The van der Waals surface area contributed by atoms with Gasteiger partial charge in [0.1, 0.15) is 0 Å². The first kappa shape index (κ1) is 19.8. The van der Waals surface area contributed by atoms with E-state index >= 15 is 0 Å². The zero-order valence-electron chi connectivity index (χ0n) is 16.7. The summed E-state index contributed by atoms with van der Waals surface area (Å²) in [5.41, 5.74) is 1.12. The smallest absolute Gasteiger partial charge is 0.317 e. The molecular weight excluding hydrogens is 342 g/mol. The topological polar surface area (TPSA) is 54.0 Å². The average molecular weight is 376 g/mol. The van der Waals surface area contributed by atoms with Gasteiger partial charge in [-0.05, 0) is 51.4 Å². The van der Waals surface area contributed by atoms with Crippen molar-refractivity contribution in [2.45, 2.75) is 38.0 Å². The molecule has 1 aromatic carbocycles. The molecule has 0 unspecified atom stereocenters. The number of carbonyl (C=O) groups is 1. The Morgan fingerprint density at radius 3 is 2.70 bits per heavy atom. The number of likely N-dealkylation sites (tertiary alicyclic amines) is 2. The van der Waals surface area contributed by atoms with Crippen LogP contribution in [0.1, 0.15) is 43.6 Å². The van der Waals surface area contributed by atoms with Crippen LogP contribution in [0.25, 0.3) is 0 Å². The highest BCUT2D eigenvalue weighted by Gasteiger charge is 2.29. The van der Waals surface area contributed by atoms with Crippen LogP contribution in [0.5, 0.6) is 11.5 Å². The number of carbonyl (C=O) groups excluding carboxylic acids is 1. The van der Waals surface area contributed by atoms with Gasteiger partial charge in [0.05, 0.1) is 14.2 Å². The van der Waals surface area contributed by atoms with Crippen molar-refractivity contribution in [3.05, 3.63) is 23.8 Å². The maximum atomic E-state index is 12.5. The average Bonchev–Trinajstić information content (AvgIpc) is 3.21. The Hall–Kier alpha value is -1.95. The van der Waals surface area contributed by atoms with E-state index in [9.17, 15) is 4.79 Å². The number of rotatable bonds is 7. The monoisotopic (exact) mass is 375 g/mol. The largest absolute Gasteiger partial charge is 0.493 e. The summed E-state index contributed by atoms with van der Waals surface area (Å²) in [6.45, 7) is 5.77. The van der Waals surface area contributed by atoms with Crippen molar-refractivity contribution in [2.24, 2.45) is 0 Å². The molecule has 27 heavy (non-hydrogen) atoms. The quantitative estimate of drug-likeness (QED) is 0.744. The molecule has 0 aliphatic carbocycles. The lowest BCUT2D eigenvalue weighted by Gasteiger charge is -2.26. The van der Waals surface area contributed by atoms with Gasteiger partial charge < -0.3 is 24.6 Å². The molecule has 2 aliphatic heterocycles. The van der Waals surface area contributed by atoms with E-state index in [1.807, 2.05) is 17.0 Å². The second kappa shape index (κ2) is 9.83. The second-order valence-corrected chi connectivity index (χ2v) is 7.50. The lowest BCUT2D eigenvalue weighted by atomic mass is 9.97. The fourth-order valence-corrected chi connectivity index (χ4v) is 4.22. The van der Waals surface area contributed by atoms with Crippen molar-refractivity contribution in [1.82, 2.24) is 15.1 Å². The summed E-state index contributed by atoms with van der Waals surface area (Å²) >= 11 is 0. The molecule has 1 atom stereocenters. The Kier molecular flexibility index (Phi) is 7.21. The van der Waals surface area contributed by atoms with E-state index in [1.165, 1.54) is 32.4 Å². The molecule has 150 valence electrons. The van der Waals surface area contributed by atoms with Crippen molar-refractivity contribution in [2.75, 3.05) is 53.5 Å². The standard InChI is InChI=1S/C21H33N3O3/c1-26-19-9-6-8-18(20(19)27-2)17-10-15-24(16-17)21(25)22-11-7-14-23-12-4-3-5-13-23/h6,8-9,17H,3-5,7,10-16H2,1-2H3,(H,22,25)/t17-/m1/s1. The predicted molar refractivity (Wildman–Crippen MR) is 107 cm³/mol. The number of benzene rings is 1.